The highest BCUT2D eigenvalue weighted by molar-refractivity contribution is 5.74. The van der Waals surface area contributed by atoms with E-state index in [0.717, 1.165) is 32.7 Å². The summed E-state index contributed by atoms with van der Waals surface area (Å²) >= 11 is 0. The van der Waals surface area contributed by atoms with Gasteiger partial charge < -0.3 is 20.1 Å². The zero-order valence-electron chi connectivity index (χ0n) is 12.4. The van der Waals surface area contributed by atoms with Gasteiger partial charge in [-0.25, -0.2) is 4.79 Å². The molecule has 1 fully saturated rings. The molecule has 0 aromatic rings. The van der Waals surface area contributed by atoms with Crippen LogP contribution in [0.5, 0.6) is 0 Å². The maximum atomic E-state index is 11.5. The fourth-order valence-electron chi connectivity index (χ4n) is 1.77. The lowest BCUT2D eigenvalue weighted by Crippen LogP contribution is -2.43. The lowest BCUT2D eigenvalue weighted by atomic mass is 10.1. The van der Waals surface area contributed by atoms with Crippen LogP contribution in [0.3, 0.4) is 0 Å². The summed E-state index contributed by atoms with van der Waals surface area (Å²) in [6.45, 7) is 10.00. The molecule has 2 amide bonds. The van der Waals surface area contributed by atoms with E-state index in [1.165, 1.54) is 0 Å². The molecule has 5 nitrogen and oxygen atoms in total. The molecule has 0 aromatic carbocycles. The van der Waals surface area contributed by atoms with Crippen molar-refractivity contribution >= 4 is 6.03 Å². The predicted molar refractivity (Wildman–Crippen MR) is 75.2 cm³/mol. The van der Waals surface area contributed by atoms with Crippen molar-refractivity contribution in [3.05, 3.63) is 0 Å². The Morgan fingerprint density at radius 2 is 2.21 bits per heavy atom. The van der Waals surface area contributed by atoms with Crippen LogP contribution < -0.4 is 10.6 Å². The third kappa shape index (κ3) is 7.38. The van der Waals surface area contributed by atoms with Crippen molar-refractivity contribution in [2.45, 2.75) is 39.7 Å². The molecule has 0 aromatic heterocycles. The van der Waals surface area contributed by atoms with E-state index >= 15 is 0 Å². The zero-order valence-corrected chi connectivity index (χ0v) is 12.4. The molecule has 0 spiro atoms. The topological polar surface area (TPSA) is 59.6 Å². The molecule has 1 rings (SSSR count). The number of carbonyl (C=O) groups is 1. The zero-order chi connectivity index (χ0) is 14.1. The van der Waals surface area contributed by atoms with Gasteiger partial charge in [0, 0.05) is 31.7 Å². The molecule has 1 aliphatic rings. The van der Waals surface area contributed by atoms with E-state index < -0.39 is 0 Å². The Balaban J connectivity index is 1.90. The van der Waals surface area contributed by atoms with Crippen LogP contribution in [0.15, 0.2) is 0 Å². The first kappa shape index (κ1) is 16.2. The number of hydrogen-bond donors (Lipinski definition) is 2. The maximum absolute atomic E-state index is 11.5. The van der Waals surface area contributed by atoms with E-state index in [4.69, 9.17) is 9.47 Å². The Labute approximate surface area is 116 Å². The molecule has 2 N–H and O–H groups in total. The van der Waals surface area contributed by atoms with Crippen molar-refractivity contribution in [1.29, 1.82) is 0 Å². The Hall–Kier alpha value is -0.810. The highest BCUT2D eigenvalue weighted by atomic mass is 16.5. The Morgan fingerprint density at radius 3 is 2.84 bits per heavy atom. The van der Waals surface area contributed by atoms with Crippen LogP contribution in [0, 0.1) is 11.8 Å². The van der Waals surface area contributed by atoms with Crippen molar-refractivity contribution in [3.8, 4) is 0 Å². The molecule has 5 heteroatoms. The molecule has 1 heterocycles. The summed E-state index contributed by atoms with van der Waals surface area (Å²) in [6.07, 6.45) is 1.95. The Bertz CT molecular complexity index is 253. The average molecular weight is 272 g/mol. The third-order valence-corrected chi connectivity index (χ3v) is 3.49. The third-order valence-electron chi connectivity index (χ3n) is 3.49. The van der Waals surface area contributed by atoms with Crippen molar-refractivity contribution in [2.24, 2.45) is 11.8 Å². The van der Waals surface area contributed by atoms with Gasteiger partial charge >= 0.3 is 6.03 Å². The van der Waals surface area contributed by atoms with Crippen molar-refractivity contribution in [1.82, 2.24) is 10.6 Å². The van der Waals surface area contributed by atoms with Crippen LogP contribution >= 0.6 is 0 Å². The number of carbonyl (C=O) groups excluding carboxylic acids is 1. The van der Waals surface area contributed by atoms with Gasteiger partial charge in [0.25, 0.3) is 0 Å². The SMILES string of the molecule is CC(C)[C@H](C)NC(=O)NCCCOC[C@@H]1CCOC1. The van der Waals surface area contributed by atoms with E-state index in [-0.39, 0.29) is 12.1 Å². The highest BCUT2D eigenvalue weighted by Crippen LogP contribution is 2.12. The molecule has 0 aliphatic carbocycles. The second kappa shape index (κ2) is 9.15. The van der Waals surface area contributed by atoms with Gasteiger partial charge in [-0.1, -0.05) is 13.8 Å². The molecule has 0 radical (unpaired) electrons. The second-order valence-electron chi connectivity index (χ2n) is 5.59. The fourth-order valence-corrected chi connectivity index (χ4v) is 1.77. The van der Waals surface area contributed by atoms with Crippen LogP contribution in [-0.4, -0.2) is 45.0 Å². The van der Waals surface area contributed by atoms with Crippen LogP contribution in [-0.2, 0) is 9.47 Å². The number of nitrogens with one attached hydrogen (secondary N) is 2. The average Bonchev–Trinajstić information content (AvgIpc) is 2.86. The first-order valence-corrected chi connectivity index (χ1v) is 7.29. The second-order valence-corrected chi connectivity index (χ2v) is 5.59. The van der Waals surface area contributed by atoms with Crippen molar-refractivity contribution in [2.75, 3.05) is 33.0 Å². The van der Waals surface area contributed by atoms with Crippen LogP contribution in [0.25, 0.3) is 0 Å². The minimum Gasteiger partial charge on any atom is -0.381 e. The number of urea groups is 1. The van der Waals surface area contributed by atoms with E-state index in [9.17, 15) is 4.79 Å². The van der Waals surface area contributed by atoms with Crippen LogP contribution in [0.4, 0.5) is 4.79 Å². The molecular weight excluding hydrogens is 244 g/mol. The van der Waals surface area contributed by atoms with Gasteiger partial charge in [-0.05, 0) is 25.7 Å². The van der Waals surface area contributed by atoms with Gasteiger partial charge in [0.05, 0.1) is 13.2 Å². The van der Waals surface area contributed by atoms with E-state index in [0.29, 0.717) is 25.0 Å². The quantitative estimate of drug-likeness (QED) is 0.662. The van der Waals surface area contributed by atoms with Crippen LogP contribution in [0.2, 0.25) is 0 Å². The molecule has 2 atom stereocenters. The molecular formula is C14H28N2O3. The molecule has 112 valence electrons. The summed E-state index contributed by atoms with van der Waals surface area (Å²) in [5.41, 5.74) is 0. The molecule has 1 saturated heterocycles. The van der Waals surface area contributed by atoms with E-state index in [1.54, 1.807) is 0 Å². The summed E-state index contributed by atoms with van der Waals surface area (Å²) in [5.74, 6) is 1.01. The first-order valence-electron chi connectivity index (χ1n) is 7.29. The van der Waals surface area contributed by atoms with E-state index in [2.05, 4.69) is 24.5 Å². The summed E-state index contributed by atoms with van der Waals surface area (Å²) < 4.78 is 10.8. The molecule has 19 heavy (non-hydrogen) atoms. The smallest absolute Gasteiger partial charge is 0.315 e. The molecule has 1 aliphatic heterocycles. The van der Waals surface area contributed by atoms with Gasteiger partial charge in [0.15, 0.2) is 0 Å². The monoisotopic (exact) mass is 272 g/mol. The highest BCUT2D eigenvalue weighted by Gasteiger charge is 2.15. The number of hydrogen-bond acceptors (Lipinski definition) is 3. The van der Waals surface area contributed by atoms with Crippen LogP contribution in [0.1, 0.15) is 33.6 Å². The van der Waals surface area contributed by atoms with Gasteiger partial charge in [0.2, 0.25) is 0 Å². The Kier molecular flexibility index (Phi) is 7.82. The largest absolute Gasteiger partial charge is 0.381 e. The summed E-state index contributed by atoms with van der Waals surface area (Å²) in [5, 5.41) is 5.75. The number of amides is 2. The van der Waals surface area contributed by atoms with Crippen molar-refractivity contribution < 1.29 is 14.3 Å². The molecule has 0 unspecified atom stereocenters. The summed E-state index contributed by atoms with van der Waals surface area (Å²) in [7, 11) is 0. The summed E-state index contributed by atoms with van der Waals surface area (Å²) in [4.78, 5) is 11.5. The predicted octanol–water partition coefficient (Wildman–Crippen LogP) is 1.77. The minimum atomic E-state index is -0.0922. The van der Waals surface area contributed by atoms with Gasteiger partial charge in [-0.2, -0.15) is 0 Å². The standard InChI is InChI=1S/C14H28N2O3/c1-11(2)12(3)16-14(17)15-6-4-7-18-9-13-5-8-19-10-13/h11-13H,4-10H2,1-3H3,(H2,15,16,17)/t12-,13-/m0/s1. The van der Waals surface area contributed by atoms with Gasteiger partial charge in [-0.3, -0.25) is 0 Å². The Morgan fingerprint density at radius 1 is 1.42 bits per heavy atom. The van der Waals surface area contributed by atoms with Crippen molar-refractivity contribution in [3.63, 3.8) is 0 Å². The molecule has 0 saturated carbocycles. The minimum absolute atomic E-state index is 0.0922. The fraction of sp³-hybridized carbons (Fsp3) is 0.929. The number of ether oxygens (including phenoxy) is 2. The van der Waals surface area contributed by atoms with Gasteiger partial charge in [0.1, 0.15) is 0 Å². The van der Waals surface area contributed by atoms with Gasteiger partial charge in [-0.15, -0.1) is 0 Å². The number of rotatable bonds is 8. The van der Waals surface area contributed by atoms with E-state index in [1.807, 2.05) is 6.92 Å². The lowest BCUT2D eigenvalue weighted by Gasteiger charge is -2.17. The first-order chi connectivity index (χ1) is 9.09. The normalized spacial score (nSPS) is 20.5. The molecule has 0 bridgehead atoms. The lowest BCUT2D eigenvalue weighted by molar-refractivity contribution is 0.0885. The summed E-state index contributed by atoms with van der Waals surface area (Å²) in [6, 6.07) is 0.101. The maximum Gasteiger partial charge on any atom is 0.315 e.